The molecular weight excluding hydrogens is 289 g/mol. The second kappa shape index (κ2) is 5.83. The number of benzene rings is 2. The molecule has 5 heteroatoms. The number of rotatable bonds is 2. The van der Waals surface area contributed by atoms with Crippen molar-refractivity contribution in [1.29, 1.82) is 0 Å². The van der Waals surface area contributed by atoms with Crippen molar-refractivity contribution in [2.24, 2.45) is 4.99 Å². The highest BCUT2D eigenvalue weighted by Crippen LogP contribution is 2.38. The number of amidine groups is 1. The van der Waals surface area contributed by atoms with Crippen LogP contribution in [0.4, 0.5) is 24.5 Å². The molecule has 22 heavy (non-hydrogen) atoms. The molecule has 0 aliphatic carbocycles. The maximum absolute atomic E-state index is 13.2. The van der Waals surface area contributed by atoms with Crippen LogP contribution in [0.2, 0.25) is 0 Å². The molecule has 1 aliphatic heterocycles. The van der Waals surface area contributed by atoms with Crippen molar-refractivity contribution < 1.29 is 13.2 Å². The Labute approximate surface area is 126 Å². The molecule has 0 bridgehead atoms. The van der Waals surface area contributed by atoms with Crippen LogP contribution in [-0.2, 0) is 6.18 Å². The van der Waals surface area contributed by atoms with Crippen LogP contribution in [0.3, 0.4) is 0 Å². The van der Waals surface area contributed by atoms with Crippen molar-refractivity contribution in [3.05, 3.63) is 60.2 Å². The van der Waals surface area contributed by atoms with Crippen molar-refractivity contribution >= 4 is 17.2 Å². The first-order valence-corrected chi connectivity index (χ1v) is 7.12. The summed E-state index contributed by atoms with van der Waals surface area (Å²) in [6.45, 7) is 0.554. The summed E-state index contributed by atoms with van der Waals surface area (Å²) in [7, 11) is 0. The van der Waals surface area contributed by atoms with E-state index < -0.39 is 11.7 Å². The molecule has 1 saturated heterocycles. The Morgan fingerprint density at radius 1 is 0.909 bits per heavy atom. The number of anilines is 1. The minimum atomic E-state index is -4.36. The number of halogens is 3. The Kier molecular flexibility index (Phi) is 3.88. The Balaban J connectivity index is 2.00. The lowest BCUT2D eigenvalue weighted by atomic mass is 10.1. The molecule has 1 fully saturated rings. The van der Waals surface area contributed by atoms with Crippen LogP contribution in [0.1, 0.15) is 18.4 Å². The summed E-state index contributed by atoms with van der Waals surface area (Å²) in [6.07, 6.45) is -2.88. The maximum Gasteiger partial charge on any atom is 0.418 e. The molecule has 2 nitrogen and oxygen atoms in total. The lowest BCUT2D eigenvalue weighted by Crippen LogP contribution is -2.26. The van der Waals surface area contributed by atoms with Gasteiger partial charge in [0.2, 0.25) is 0 Å². The SMILES string of the molecule is FC(F)(F)c1ccccc1N1CCC/C1=N/c1ccccc1. The predicted molar refractivity (Wildman–Crippen MR) is 81.6 cm³/mol. The van der Waals surface area contributed by atoms with Gasteiger partial charge in [0, 0.05) is 13.0 Å². The molecule has 0 atom stereocenters. The minimum absolute atomic E-state index is 0.183. The fourth-order valence-corrected chi connectivity index (χ4v) is 2.64. The molecule has 114 valence electrons. The van der Waals surface area contributed by atoms with E-state index in [1.54, 1.807) is 11.0 Å². The smallest absolute Gasteiger partial charge is 0.329 e. The standard InChI is InChI=1S/C17H15F3N2/c18-17(19,20)14-9-4-5-10-15(14)22-12-6-11-16(22)21-13-7-2-1-3-8-13/h1-5,7-10H,6,11-12H2/b21-16-. The number of alkyl halides is 3. The Hall–Kier alpha value is -2.30. The molecule has 0 radical (unpaired) electrons. The molecule has 0 unspecified atom stereocenters. The van der Waals surface area contributed by atoms with Gasteiger partial charge in [-0.1, -0.05) is 30.3 Å². The van der Waals surface area contributed by atoms with Crippen molar-refractivity contribution in [2.45, 2.75) is 19.0 Å². The molecule has 3 rings (SSSR count). The van der Waals surface area contributed by atoms with E-state index in [1.165, 1.54) is 12.1 Å². The number of aliphatic imine (C=N–C) groups is 1. The molecule has 0 N–H and O–H groups in total. The monoisotopic (exact) mass is 304 g/mol. The third kappa shape index (κ3) is 2.98. The number of para-hydroxylation sites is 2. The van der Waals surface area contributed by atoms with Crippen LogP contribution in [-0.4, -0.2) is 12.4 Å². The van der Waals surface area contributed by atoms with Gasteiger partial charge in [0.25, 0.3) is 0 Å². The first kappa shape index (κ1) is 14.6. The van der Waals surface area contributed by atoms with Gasteiger partial charge in [-0.15, -0.1) is 0 Å². The van der Waals surface area contributed by atoms with Gasteiger partial charge in [0.1, 0.15) is 5.84 Å². The van der Waals surface area contributed by atoms with Gasteiger partial charge in [0.05, 0.1) is 16.9 Å². The highest BCUT2D eigenvalue weighted by Gasteiger charge is 2.36. The van der Waals surface area contributed by atoms with Crippen LogP contribution >= 0.6 is 0 Å². The van der Waals surface area contributed by atoms with Crippen molar-refractivity contribution in [1.82, 2.24) is 0 Å². The van der Waals surface area contributed by atoms with Gasteiger partial charge in [-0.2, -0.15) is 13.2 Å². The molecular formula is C17H15F3N2. The quantitative estimate of drug-likeness (QED) is 0.759. The molecule has 2 aromatic carbocycles. The second-order valence-electron chi connectivity index (χ2n) is 5.13. The predicted octanol–water partition coefficient (Wildman–Crippen LogP) is 5.04. The first-order valence-electron chi connectivity index (χ1n) is 7.12. The van der Waals surface area contributed by atoms with Crippen molar-refractivity contribution in [2.75, 3.05) is 11.4 Å². The average Bonchev–Trinajstić information content (AvgIpc) is 2.95. The fraction of sp³-hybridized carbons (Fsp3) is 0.235. The van der Waals surface area contributed by atoms with E-state index in [2.05, 4.69) is 4.99 Å². The molecule has 1 heterocycles. The second-order valence-corrected chi connectivity index (χ2v) is 5.13. The summed E-state index contributed by atoms with van der Waals surface area (Å²) >= 11 is 0. The van der Waals surface area contributed by atoms with Crippen molar-refractivity contribution in [3.8, 4) is 0 Å². The zero-order valence-corrected chi connectivity index (χ0v) is 11.8. The van der Waals surface area contributed by atoms with Gasteiger partial charge < -0.3 is 4.90 Å². The van der Waals surface area contributed by atoms with E-state index >= 15 is 0 Å². The van der Waals surface area contributed by atoms with Gasteiger partial charge >= 0.3 is 6.18 Å². The summed E-state index contributed by atoms with van der Waals surface area (Å²) in [5.74, 6) is 0.683. The topological polar surface area (TPSA) is 15.6 Å². The van der Waals surface area contributed by atoms with Crippen LogP contribution in [0.15, 0.2) is 59.6 Å². The van der Waals surface area contributed by atoms with E-state index in [0.29, 0.717) is 18.8 Å². The van der Waals surface area contributed by atoms with E-state index in [-0.39, 0.29) is 5.69 Å². The lowest BCUT2D eigenvalue weighted by Gasteiger charge is -2.23. The van der Waals surface area contributed by atoms with E-state index in [0.717, 1.165) is 18.2 Å². The van der Waals surface area contributed by atoms with E-state index in [9.17, 15) is 13.2 Å². The van der Waals surface area contributed by atoms with Crippen LogP contribution in [0, 0.1) is 0 Å². The minimum Gasteiger partial charge on any atom is -0.329 e. The van der Waals surface area contributed by atoms with Crippen LogP contribution in [0.25, 0.3) is 0 Å². The summed E-state index contributed by atoms with van der Waals surface area (Å²) in [4.78, 5) is 6.19. The first-order chi connectivity index (χ1) is 10.6. The van der Waals surface area contributed by atoms with Gasteiger partial charge in [-0.25, -0.2) is 4.99 Å². The Bertz CT molecular complexity index is 678. The molecule has 0 aromatic heterocycles. The molecule has 1 aliphatic rings. The van der Waals surface area contributed by atoms with Crippen molar-refractivity contribution in [3.63, 3.8) is 0 Å². The zero-order valence-electron chi connectivity index (χ0n) is 11.8. The van der Waals surface area contributed by atoms with Crippen LogP contribution in [0.5, 0.6) is 0 Å². The Morgan fingerprint density at radius 3 is 2.32 bits per heavy atom. The molecule has 0 amide bonds. The summed E-state index contributed by atoms with van der Waals surface area (Å²) in [5.41, 5.74) is 0.328. The average molecular weight is 304 g/mol. The fourth-order valence-electron chi connectivity index (χ4n) is 2.64. The summed E-state index contributed by atoms with van der Waals surface area (Å²) in [6, 6.07) is 15.0. The largest absolute Gasteiger partial charge is 0.418 e. The van der Waals surface area contributed by atoms with E-state index in [4.69, 9.17) is 0 Å². The summed E-state index contributed by atoms with van der Waals surface area (Å²) in [5, 5.41) is 0. The lowest BCUT2D eigenvalue weighted by molar-refractivity contribution is -0.137. The van der Waals surface area contributed by atoms with Gasteiger partial charge in [0.15, 0.2) is 0 Å². The van der Waals surface area contributed by atoms with Crippen LogP contribution < -0.4 is 4.90 Å². The number of hydrogen-bond donors (Lipinski definition) is 0. The highest BCUT2D eigenvalue weighted by molar-refractivity contribution is 6.01. The highest BCUT2D eigenvalue weighted by atomic mass is 19.4. The molecule has 0 spiro atoms. The third-order valence-electron chi connectivity index (χ3n) is 3.61. The Morgan fingerprint density at radius 2 is 1.59 bits per heavy atom. The van der Waals surface area contributed by atoms with E-state index in [1.807, 2.05) is 30.3 Å². The molecule has 0 saturated carbocycles. The summed E-state index contributed by atoms with van der Waals surface area (Å²) < 4.78 is 39.6. The van der Waals surface area contributed by atoms with Gasteiger partial charge in [-0.05, 0) is 30.7 Å². The normalized spacial score (nSPS) is 17.2. The number of hydrogen-bond acceptors (Lipinski definition) is 1. The maximum atomic E-state index is 13.2. The zero-order chi connectivity index (χ0) is 15.6. The molecule has 2 aromatic rings. The van der Waals surface area contributed by atoms with Gasteiger partial charge in [-0.3, -0.25) is 0 Å². The third-order valence-corrected chi connectivity index (χ3v) is 3.61. The number of nitrogens with zero attached hydrogens (tertiary/aromatic N) is 2.